The zero-order valence-electron chi connectivity index (χ0n) is 28.4. The number of aliphatic hydroxyl groups is 1. The first-order valence-electron chi connectivity index (χ1n) is 17.4. The number of benzene rings is 3. The second-order valence-corrected chi connectivity index (χ2v) is 11.7. The van der Waals surface area contributed by atoms with Crippen LogP contribution in [0.2, 0.25) is 0 Å². The van der Waals surface area contributed by atoms with Crippen LogP contribution in [0.5, 0.6) is 23.0 Å². The molecule has 49 heavy (non-hydrogen) atoms. The summed E-state index contributed by atoms with van der Waals surface area (Å²) in [6.07, 6.45) is 15.0. The first kappa shape index (κ1) is 38.8. The summed E-state index contributed by atoms with van der Waals surface area (Å²) in [5, 5.41) is 8.81. The van der Waals surface area contributed by atoms with Crippen molar-refractivity contribution in [3.05, 3.63) is 96.6 Å². The van der Waals surface area contributed by atoms with Gasteiger partial charge in [0.05, 0.1) is 30.9 Å². The van der Waals surface area contributed by atoms with E-state index in [2.05, 4.69) is 6.58 Å². The molecule has 0 atom stereocenters. The van der Waals surface area contributed by atoms with E-state index in [4.69, 9.17) is 28.8 Å². The number of ether oxygens (including phenoxy) is 5. The fourth-order valence-corrected chi connectivity index (χ4v) is 4.90. The van der Waals surface area contributed by atoms with Crippen LogP contribution in [-0.4, -0.2) is 49.4 Å². The molecule has 0 radical (unpaired) electrons. The van der Waals surface area contributed by atoms with Gasteiger partial charge in [-0.1, -0.05) is 51.5 Å². The van der Waals surface area contributed by atoms with E-state index in [1.165, 1.54) is 32.1 Å². The Kier molecular flexibility index (Phi) is 18.7. The molecule has 3 aromatic carbocycles. The van der Waals surface area contributed by atoms with Crippen LogP contribution in [0.1, 0.15) is 104 Å². The molecule has 9 nitrogen and oxygen atoms in total. The summed E-state index contributed by atoms with van der Waals surface area (Å²) >= 11 is 0. The minimum Gasteiger partial charge on any atom is -0.494 e. The quantitative estimate of drug-likeness (QED) is 0.0408. The number of carbonyl (C=O) groups excluding carboxylic acids is 3. The normalized spacial score (nSPS) is 10.6. The van der Waals surface area contributed by atoms with Crippen LogP contribution in [0.3, 0.4) is 0 Å². The second kappa shape index (κ2) is 23.7. The Labute approximate surface area is 290 Å². The van der Waals surface area contributed by atoms with Crippen molar-refractivity contribution in [3.63, 3.8) is 0 Å². The van der Waals surface area contributed by atoms with Gasteiger partial charge in [0.25, 0.3) is 0 Å². The van der Waals surface area contributed by atoms with Crippen molar-refractivity contribution in [2.24, 2.45) is 0 Å². The van der Waals surface area contributed by atoms with Crippen molar-refractivity contribution in [1.29, 1.82) is 0 Å². The van der Waals surface area contributed by atoms with Gasteiger partial charge in [-0.05, 0) is 111 Å². The summed E-state index contributed by atoms with van der Waals surface area (Å²) < 4.78 is 27.5. The van der Waals surface area contributed by atoms with Gasteiger partial charge in [-0.25, -0.2) is 14.4 Å². The zero-order valence-corrected chi connectivity index (χ0v) is 28.4. The Bertz CT molecular complexity index is 1380. The average molecular weight is 675 g/mol. The molecule has 0 saturated carbocycles. The molecule has 9 heteroatoms. The molecule has 0 aliphatic carbocycles. The number of unbranched alkanes of at least 4 members (excludes halogenated alkanes) is 11. The van der Waals surface area contributed by atoms with Crippen LogP contribution in [0.25, 0.3) is 0 Å². The number of carbonyl (C=O) groups is 3. The Morgan fingerprint density at radius 3 is 1.22 bits per heavy atom. The molecule has 0 aliphatic heterocycles. The number of rotatable bonds is 25. The monoisotopic (exact) mass is 674 g/mol. The van der Waals surface area contributed by atoms with Crippen LogP contribution < -0.4 is 18.9 Å². The lowest BCUT2D eigenvalue weighted by molar-refractivity contribution is -0.137. The summed E-state index contributed by atoms with van der Waals surface area (Å²) in [5.74, 6) is 0.597. The van der Waals surface area contributed by atoms with Gasteiger partial charge >= 0.3 is 17.9 Å². The Hall–Kier alpha value is -4.63. The summed E-state index contributed by atoms with van der Waals surface area (Å²) in [5.41, 5.74) is 0.777. The highest BCUT2D eigenvalue weighted by Crippen LogP contribution is 2.22. The van der Waals surface area contributed by atoms with Gasteiger partial charge < -0.3 is 28.8 Å². The van der Waals surface area contributed by atoms with Gasteiger partial charge in [-0.15, -0.1) is 0 Å². The maximum absolute atomic E-state index is 12.6. The van der Waals surface area contributed by atoms with Crippen LogP contribution in [0.4, 0.5) is 0 Å². The van der Waals surface area contributed by atoms with E-state index in [1.807, 2.05) is 0 Å². The molecule has 0 unspecified atom stereocenters. The smallest absolute Gasteiger partial charge is 0.343 e. The minimum atomic E-state index is -0.517. The van der Waals surface area contributed by atoms with Crippen molar-refractivity contribution in [3.8, 4) is 23.0 Å². The van der Waals surface area contributed by atoms with Gasteiger partial charge in [0.15, 0.2) is 0 Å². The number of aliphatic hydroxyl groups excluding tert-OH is 1. The average Bonchev–Trinajstić information content (AvgIpc) is 3.12. The third kappa shape index (κ3) is 16.4. The van der Waals surface area contributed by atoms with Crippen molar-refractivity contribution in [2.75, 3.05) is 26.4 Å². The summed E-state index contributed by atoms with van der Waals surface area (Å²) in [6, 6.07) is 19.9. The first-order chi connectivity index (χ1) is 24.0. The third-order valence-electron chi connectivity index (χ3n) is 7.71. The summed E-state index contributed by atoms with van der Waals surface area (Å²) in [4.78, 5) is 36.3. The van der Waals surface area contributed by atoms with Crippen LogP contribution >= 0.6 is 0 Å². The standard InChI is InChI=1S/C40H50O9/c1-2-38(42)47-31-15-11-10-14-30-46-35-22-18-33(19-23-35)40(44)49-37-26-24-36(25-27-37)48-39(43)32-16-20-34(21-17-32)45-29-13-9-7-5-3-4-6-8-12-28-41/h2,16-27,41H,1,3-15,28-31H2. The molecular weight excluding hydrogens is 624 g/mol. The fourth-order valence-electron chi connectivity index (χ4n) is 4.90. The van der Waals surface area contributed by atoms with Gasteiger partial charge in [0, 0.05) is 12.7 Å². The maximum atomic E-state index is 12.6. The predicted octanol–water partition coefficient (Wildman–Crippen LogP) is 8.68. The molecule has 3 rings (SSSR count). The molecule has 264 valence electrons. The van der Waals surface area contributed by atoms with Crippen molar-refractivity contribution in [2.45, 2.75) is 83.5 Å². The Morgan fingerprint density at radius 1 is 0.490 bits per heavy atom. The number of hydrogen-bond donors (Lipinski definition) is 1. The van der Waals surface area contributed by atoms with Crippen molar-refractivity contribution in [1.82, 2.24) is 0 Å². The van der Waals surface area contributed by atoms with E-state index >= 15 is 0 Å². The number of hydrogen-bond acceptors (Lipinski definition) is 9. The van der Waals surface area contributed by atoms with Crippen molar-refractivity contribution < 1.29 is 43.2 Å². The van der Waals surface area contributed by atoms with E-state index in [-0.39, 0.29) is 0 Å². The lowest BCUT2D eigenvalue weighted by atomic mass is 10.1. The van der Waals surface area contributed by atoms with E-state index in [9.17, 15) is 14.4 Å². The molecule has 0 aliphatic rings. The molecular formula is C40H50O9. The van der Waals surface area contributed by atoms with Gasteiger partial charge in [0.1, 0.15) is 23.0 Å². The number of esters is 3. The molecule has 0 spiro atoms. The highest BCUT2D eigenvalue weighted by Gasteiger charge is 2.12. The molecule has 0 aromatic heterocycles. The fraction of sp³-hybridized carbons (Fsp3) is 0.425. The second-order valence-electron chi connectivity index (χ2n) is 11.7. The Balaban J connectivity index is 1.29. The van der Waals surface area contributed by atoms with E-state index in [0.29, 0.717) is 60.6 Å². The molecule has 0 saturated heterocycles. The molecule has 0 bridgehead atoms. The molecule has 3 aromatic rings. The largest absolute Gasteiger partial charge is 0.494 e. The topological polar surface area (TPSA) is 118 Å². The SMILES string of the molecule is C=CC(=O)OCCCCCCOc1ccc(C(=O)Oc2ccc(OC(=O)c3ccc(OCCCCCCCCCCCO)cc3)cc2)cc1. The summed E-state index contributed by atoms with van der Waals surface area (Å²) in [7, 11) is 0. The first-order valence-corrected chi connectivity index (χ1v) is 17.4. The Morgan fingerprint density at radius 2 is 0.837 bits per heavy atom. The zero-order chi connectivity index (χ0) is 34.9. The predicted molar refractivity (Wildman–Crippen MR) is 188 cm³/mol. The van der Waals surface area contributed by atoms with Crippen LogP contribution in [0.15, 0.2) is 85.5 Å². The summed E-state index contributed by atoms with van der Waals surface area (Å²) in [6.45, 7) is 5.23. The molecule has 1 N–H and O–H groups in total. The van der Waals surface area contributed by atoms with Crippen LogP contribution in [-0.2, 0) is 9.53 Å². The van der Waals surface area contributed by atoms with Crippen LogP contribution in [0, 0.1) is 0 Å². The highest BCUT2D eigenvalue weighted by molar-refractivity contribution is 5.92. The van der Waals surface area contributed by atoms with Crippen molar-refractivity contribution >= 4 is 17.9 Å². The van der Waals surface area contributed by atoms with E-state index in [1.54, 1.807) is 72.8 Å². The highest BCUT2D eigenvalue weighted by atomic mass is 16.5. The van der Waals surface area contributed by atoms with Gasteiger partial charge in [-0.3, -0.25) is 0 Å². The molecule has 0 fully saturated rings. The molecule has 0 heterocycles. The lowest BCUT2D eigenvalue weighted by Crippen LogP contribution is -2.09. The lowest BCUT2D eigenvalue weighted by Gasteiger charge is -2.09. The third-order valence-corrected chi connectivity index (χ3v) is 7.71. The van der Waals surface area contributed by atoms with Gasteiger partial charge in [0.2, 0.25) is 0 Å². The van der Waals surface area contributed by atoms with E-state index in [0.717, 1.165) is 57.4 Å². The maximum Gasteiger partial charge on any atom is 0.343 e. The molecule has 0 amide bonds. The van der Waals surface area contributed by atoms with E-state index < -0.39 is 17.9 Å². The van der Waals surface area contributed by atoms with Gasteiger partial charge in [-0.2, -0.15) is 0 Å². The minimum absolute atomic E-state index is 0.295.